The summed E-state index contributed by atoms with van der Waals surface area (Å²) in [6, 6.07) is 12.8. The third kappa shape index (κ3) is 3.66. The highest BCUT2D eigenvalue weighted by atomic mass is 16.1. The van der Waals surface area contributed by atoms with Gasteiger partial charge in [-0.2, -0.15) is 0 Å². The van der Waals surface area contributed by atoms with Crippen LogP contribution >= 0.6 is 0 Å². The normalized spacial score (nSPS) is 23.2. The van der Waals surface area contributed by atoms with Crippen molar-refractivity contribution in [1.29, 1.82) is 0 Å². The minimum absolute atomic E-state index is 0.132. The zero-order valence-corrected chi connectivity index (χ0v) is 15.7. The molecule has 2 aromatic rings. The fourth-order valence-electron chi connectivity index (χ4n) is 4.13. The van der Waals surface area contributed by atoms with E-state index < -0.39 is 0 Å². The number of hydrogen-bond acceptors (Lipinski definition) is 4. The lowest BCUT2D eigenvalue weighted by atomic mass is 9.95. The van der Waals surface area contributed by atoms with Gasteiger partial charge in [0.25, 0.3) is 5.91 Å². The maximum absolute atomic E-state index is 12.1. The average Bonchev–Trinajstić information content (AvgIpc) is 3.25. The highest BCUT2D eigenvalue weighted by Crippen LogP contribution is 2.40. The van der Waals surface area contributed by atoms with Crippen LogP contribution in [0.5, 0.6) is 0 Å². The van der Waals surface area contributed by atoms with Crippen LogP contribution in [0.3, 0.4) is 0 Å². The molecule has 2 fully saturated rings. The molecule has 2 aliphatic heterocycles. The second kappa shape index (κ2) is 7.40. The summed E-state index contributed by atoms with van der Waals surface area (Å²) in [5.74, 6) is 7.36. The van der Waals surface area contributed by atoms with Crippen molar-refractivity contribution in [1.82, 2.24) is 15.3 Å². The van der Waals surface area contributed by atoms with E-state index in [0.717, 1.165) is 36.5 Å². The van der Waals surface area contributed by atoms with E-state index in [4.69, 9.17) is 4.98 Å². The fraction of sp³-hybridized carbons (Fsp3) is 0.409. The maximum Gasteiger partial charge on any atom is 0.296 e. The van der Waals surface area contributed by atoms with Crippen LogP contribution in [-0.2, 0) is 4.79 Å². The largest absolute Gasteiger partial charge is 0.348 e. The number of carbonyl (C=O) groups is 1. The lowest BCUT2D eigenvalue weighted by molar-refractivity contribution is -0.116. The predicted molar refractivity (Wildman–Crippen MR) is 106 cm³/mol. The van der Waals surface area contributed by atoms with Gasteiger partial charge in [-0.25, -0.2) is 9.97 Å². The van der Waals surface area contributed by atoms with Crippen molar-refractivity contribution in [3.05, 3.63) is 42.6 Å². The first kappa shape index (κ1) is 17.5. The molecule has 0 spiro atoms. The first-order valence-corrected chi connectivity index (χ1v) is 9.60. The van der Waals surface area contributed by atoms with Crippen LogP contribution in [0.2, 0.25) is 0 Å². The number of hydrogen-bond donors (Lipinski definition) is 1. The molecule has 3 atom stereocenters. The van der Waals surface area contributed by atoms with E-state index in [9.17, 15) is 4.79 Å². The van der Waals surface area contributed by atoms with Crippen molar-refractivity contribution in [3.63, 3.8) is 0 Å². The maximum atomic E-state index is 12.1. The standard InChI is InChI=1S/C22H24N4O/c1-15(2)8-11-21(27)24-18-14-17-9-10-19(18)26(17)20-12-13-23-22(25-20)16-6-4-3-5-7-16/h3-7,12-13,15,17-19H,9-10,14H2,1-2H3,(H,24,27)/t17-,18+,19+/m0/s1. The van der Waals surface area contributed by atoms with Crippen LogP contribution < -0.4 is 10.2 Å². The van der Waals surface area contributed by atoms with Gasteiger partial charge in [0, 0.05) is 23.7 Å². The number of benzene rings is 1. The van der Waals surface area contributed by atoms with Crippen molar-refractivity contribution in [2.75, 3.05) is 4.90 Å². The van der Waals surface area contributed by atoms with Gasteiger partial charge >= 0.3 is 0 Å². The molecule has 0 saturated carbocycles. The molecule has 27 heavy (non-hydrogen) atoms. The van der Waals surface area contributed by atoms with Crippen molar-refractivity contribution in [2.24, 2.45) is 5.92 Å². The first-order valence-electron chi connectivity index (χ1n) is 9.60. The van der Waals surface area contributed by atoms with Gasteiger partial charge in [0.15, 0.2) is 5.82 Å². The highest BCUT2D eigenvalue weighted by molar-refractivity contribution is 5.93. The number of carbonyl (C=O) groups excluding carboxylic acids is 1. The fourth-order valence-corrected chi connectivity index (χ4v) is 4.13. The molecule has 0 aliphatic carbocycles. The van der Waals surface area contributed by atoms with Gasteiger partial charge in [-0.1, -0.05) is 50.1 Å². The van der Waals surface area contributed by atoms with Gasteiger partial charge in [0.05, 0.1) is 12.1 Å². The minimum atomic E-state index is -0.172. The minimum Gasteiger partial charge on any atom is -0.348 e. The zero-order chi connectivity index (χ0) is 18.8. The molecule has 3 heterocycles. The van der Waals surface area contributed by atoms with Gasteiger partial charge < -0.3 is 10.2 Å². The van der Waals surface area contributed by atoms with Crippen molar-refractivity contribution in [2.45, 2.75) is 51.2 Å². The Hall–Kier alpha value is -2.87. The van der Waals surface area contributed by atoms with E-state index >= 15 is 0 Å². The lowest BCUT2D eigenvalue weighted by Gasteiger charge is -2.25. The van der Waals surface area contributed by atoms with Crippen LogP contribution in [-0.4, -0.2) is 34.0 Å². The molecule has 1 aromatic carbocycles. The molecule has 1 N–H and O–H groups in total. The summed E-state index contributed by atoms with van der Waals surface area (Å²) in [5, 5.41) is 3.11. The van der Waals surface area contributed by atoms with E-state index in [2.05, 4.69) is 27.0 Å². The summed E-state index contributed by atoms with van der Waals surface area (Å²) in [5.41, 5.74) is 1.01. The van der Waals surface area contributed by atoms with E-state index in [1.54, 1.807) is 0 Å². The van der Waals surface area contributed by atoms with Crippen molar-refractivity contribution in [3.8, 4) is 23.2 Å². The quantitative estimate of drug-likeness (QED) is 0.855. The summed E-state index contributed by atoms with van der Waals surface area (Å²) >= 11 is 0. The van der Waals surface area contributed by atoms with Gasteiger partial charge in [0.1, 0.15) is 5.82 Å². The smallest absolute Gasteiger partial charge is 0.296 e. The summed E-state index contributed by atoms with van der Waals surface area (Å²) in [4.78, 5) is 23.8. The summed E-state index contributed by atoms with van der Waals surface area (Å²) in [6.07, 6.45) is 4.98. The molecule has 1 amide bonds. The zero-order valence-electron chi connectivity index (χ0n) is 15.7. The molecule has 138 valence electrons. The topological polar surface area (TPSA) is 58.1 Å². The van der Waals surface area contributed by atoms with Crippen LogP contribution in [0, 0.1) is 17.8 Å². The Kier molecular flexibility index (Phi) is 4.81. The van der Waals surface area contributed by atoms with E-state index in [0.29, 0.717) is 6.04 Å². The average molecular weight is 360 g/mol. The molecule has 5 heteroatoms. The van der Waals surface area contributed by atoms with Crippen molar-refractivity contribution < 1.29 is 4.79 Å². The lowest BCUT2D eigenvalue weighted by Crippen LogP contribution is -2.43. The number of nitrogens with zero attached hydrogens (tertiary/aromatic N) is 3. The summed E-state index contributed by atoms with van der Waals surface area (Å²) in [7, 11) is 0. The molecule has 0 radical (unpaired) electrons. The second-order valence-corrected chi connectivity index (χ2v) is 7.55. The van der Waals surface area contributed by atoms with Gasteiger partial charge in [-0.15, -0.1) is 0 Å². The third-order valence-electron chi connectivity index (χ3n) is 5.27. The van der Waals surface area contributed by atoms with Gasteiger partial charge in [-0.05, 0) is 31.2 Å². The van der Waals surface area contributed by atoms with E-state index in [1.807, 2.05) is 56.4 Å². The Balaban J connectivity index is 1.52. The molecular formula is C22H24N4O. The monoisotopic (exact) mass is 360 g/mol. The van der Waals surface area contributed by atoms with E-state index in [-0.39, 0.29) is 23.9 Å². The molecule has 2 saturated heterocycles. The van der Waals surface area contributed by atoms with E-state index in [1.165, 1.54) is 0 Å². The Labute approximate surface area is 160 Å². The Morgan fingerprint density at radius 1 is 1.22 bits per heavy atom. The second-order valence-electron chi connectivity index (χ2n) is 7.55. The predicted octanol–water partition coefficient (Wildman–Crippen LogP) is 3.03. The number of fused-ring (bicyclic) bond motifs is 2. The molecule has 5 nitrogen and oxygen atoms in total. The number of aromatic nitrogens is 2. The van der Waals surface area contributed by atoms with Gasteiger partial charge in [0.2, 0.25) is 0 Å². The Morgan fingerprint density at radius 3 is 2.81 bits per heavy atom. The van der Waals surface area contributed by atoms with Crippen LogP contribution in [0.4, 0.5) is 5.82 Å². The number of anilines is 1. The molecule has 0 unspecified atom stereocenters. The van der Waals surface area contributed by atoms with Crippen LogP contribution in [0.15, 0.2) is 42.6 Å². The highest BCUT2D eigenvalue weighted by Gasteiger charge is 2.47. The first-order chi connectivity index (χ1) is 13.1. The van der Waals surface area contributed by atoms with Crippen LogP contribution in [0.25, 0.3) is 11.4 Å². The summed E-state index contributed by atoms with van der Waals surface area (Å²) < 4.78 is 0. The Bertz CT molecular complexity index is 884. The van der Waals surface area contributed by atoms with Gasteiger partial charge in [-0.3, -0.25) is 4.79 Å². The molecular weight excluding hydrogens is 336 g/mol. The molecule has 4 rings (SSSR count). The third-order valence-corrected chi connectivity index (χ3v) is 5.27. The summed E-state index contributed by atoms with van der Waals surface area (Å²) in [6.45, 7) is 3.97. The number of nitrogens with one attached hydrogen (secondary N) is 1. The van der Waals surface area contributed by atoms with Crippen LogP contribution in [0.1, 0.15) is 33.1 Å². The van der Waals surface area contributed by atoms with Crippen molar-refractivity contribution >= 4 is 11.7 Å². The number of rotatable bonds is 3. The molecule has 2 aliphatic rings. The number of amides is 1. The molecule has 1 aromatic heterocycles. The molecule has 2 bridgehead atoms. The Morgan fingerprint density at radius 2 is 2.04 bits per heavy atom. The SMILES string of the molecule is CC(C)C#CC(=O)N[C@@H]1C[C@@H]2CC[C@H]1N2c1ccnc(-c2ccccc2)n1.